The van der Waals surface area contributed by atoms with E-state index in [0.717, 1.165) is 51.9 Å². The number of imidazole rings is 1. The number of fused-ring (bicyclic) bond motifs is 4. The fourth-order valence-electron chi connectivity index (χ4n) is 4.90. The first kappa shape index (κ1) is 21.2. The zero-order chi connectivity index (χ0) is 23.8. The van der Waals surface area contributed by atoms with Gasteiger partial charge in [0, 0.05) is 37.0 Å². The van der Waals surface area contributed by atoms with E-state index in [4.69, 9.17) is 9.47 Å². The van der Waals surface area contributed by atoms with E-state index in [2.05, 4.69) is 40.3 Å². The Labute approximate surface area is 202 Å². The molecular weight excluding hydrogens is 438 g/mol. The van der Waals surface area contributed by atoms with Gasteiger partial charge >= 0.3 is 0 Å². The molecule has 5 aromatic rings. The Balaban J connectivity index is 1.49. The van der Waals surface area contributed by atoms with Gasteiger partial charge < -0.3 is 18.6 Å². The van der Waals surface area contributed by atoms with Gasteiger partial charge in [-0.1, -0.05) is 42.5 Å². The first-order valence-corrected chi connectivity index (χ1v) is 11.7. The van der Waals surface area contributed by atoms with E-state index >= 15 is 0 Å². The molecule has 0 radical (unpaired) electrons. The summed E-state index contributed by atoms with van der Waals surface area (Å²) in [6.07, 6.45) is 8.12. The fraction of sp³-hybridized carbons (Fsp3) is 0.179. The van der Waals surface area contributed by atoms with Gasteiger partial charge in [0.05, 0.1) is 19.0 Å². The lowest BCUT2D eigenvalue weighted by Gasteiger charge is -2.30. The summed E-state index contributed by atoms with van der Waals surface area (Å²) < 4.78 is 15.7. The van der Waals surface area contributed by atoms with Gasteiger partial charge in [0.25, 0.3) is 0 Å². The average molecular weight is 464 g/mol. The van der Waals surface area contributed by atoms with E-state index in [0.29, 0.717) is 17.9 Å². The highest BCUT2D eigenvalue weighted by Gasteiger charge is 2.33. The molecule has 2 aromatic heterocycles. The standard InChI is InChI=1S/C28H25N5O2/c1-34-21-10-7-20(8-11-21)24-25-22-6-3-2-5-19(22)9-12-23(25)35-28-26(24)27(29)33(18-31-28)15-4-14-32-16-13-30-17-32/h2-3,5-13,16-18,24,29H,4,14-15H2,1H3. The van der Waals surface area contributed by atoms with Gasteiger partial charge in [-0.3, -0.25) is 5.41 Å². The minimum Gasteiger partial charge on any atom is -0.497 e. The van der Waals surface area contributed by atoms with Crippen molar-refractivity contribution in [2.45, 2.75) is 25.4 Å². The van der Waals surface area contributed by atoms with Crippen LogP contribution in [0.25, 0.3) is 10.8 Å². The Bertz CT molecular complexity index is 1560. The van der Waals surface area contributed by atoms with Crippen molar-refractivity contribution in [2.24, 2.45) is 0 Å². The van der Waals surface area contributed by atoms with Crippen molar-refractivity contribution < 1.29 is 9.47 Å². The fourth-order valence-corrected chi connectivity index (χ4v) is 4.90. The summed E-state index contributed by atoms with van der Waals surface area (Å²) in [6.45, 7) is 1.50. The van der Waals surface area contributed by atoms with E-state index in [9.17, 15) is 5.41 Å². The third kappa shape index (κ3) is 3.75. The molecule has 0 bridgehead atoms. The van der Waals surface area contributed by atoms with E-state index in [1.165, 1.54) is 0 Å². The van der Waals surface area contributed by atoms with Crippen molar-refractivity contribution in [3.8, 4) is 17.4 Å². The predicted molar refractivity (Wildman–Crippen MR) is 133 cm³/mol. The maximum Gasteiger partial charge on any atom is 0.228 e. The third-order valence-corrected chi connectivity index (χ3v) is 6.63. The predicted octanol–water partition coefficient (Wildman–Crippen LogP) is 5.10. The zero-order valence-corrected chi connectivity index (χ0v) is 19.4. The van der Waals surface area contributed by atoms with E-state index in [-0.39, 0.29) is 5.92 Å². The van der Waals surface area contributed by atoms with Gasteiger partial charge in [-0.2, -0.15) is 0 Å². The van der Waals surface area contributed by atoms with Gasteiger partial charge in [0.2, 0.25) is 5.88 Å². The summed E-state index contributed by atoms with van der Waals surface area (Å²) in [5, 5.41) is 11.4. The lowest BCUT2D eigenvalue weighted by Crippen LogP contribution is -2.30. The van der Waals surface area contributed by atoms with E-state index < -0.39 is 0 Å². The average Bonchev–Trinajstić information content (AvgIpc) is 3.42. The number of methoxy groups -OCH3 is 1. The molecule has 1 aliphatic heterocycles. The molecule has 0 spiro atoms. The number of ether oxygens (including phenoxy) is 2. The molecule has 7 nitrogen and oxygen atoms in total. The lowest BCUT2D eigenvalue weighted by atomic mass is 9.81. The highest BCUT2D eigenvalue weighted by atomic mass is 16.5. The summed E-state index contributed by atoms with van der Waals surface area (Å²) in [5.74, 6) is 1.88. The first-order valence-electron chi connectivity index (χ1n) is 11.7. The number of aryl methyl sites for hydroxylation is 2. The summed E-state index contributed by atoms with van der Waals surface area (Å²) in [5.41, 5.74) is 3.33. The second kappa shape index (κ2) is 8.76. The van der Waals surface area contributed by atoms with Crippen LogP contribution in [0.5, 0.6) is 17.4 Å². The van der Waals surface area contributed by atoms with Crippen LogP contribution in [0.4, 0.5) is 0 Å². The smallest absolute Gasteiger partial charge is 0.228 e. The SMILES string of the molecule is COc1ccc(C2c3c(ncn(CCCn4ccnc4)c3=N)Oc3ccc4ccccc4c32)cc1. The van der Waals surface area contributed by atoms with Crippen molar-refractivity contribution >= 4 is 10.8 Å². The van der Waals surface area contributed by atoms with Gasteiger partial charge in [-0.25, -0.2) is 9.97 Å². The normalized spacial score (nSPS) is 14.3. The Morgan fingerprint density at radius 3 is 2.63 bits per heavy atom. The molecule has 3 heterocycles. The van der Waals surface area contributed by atoms with Crippen molar-refractivity contribution in [1.29, 1.82) is 5.41 Å². The molecule has 3 aromatic carbocycles. The first-order chi connectivity index (χ1) is 17.2. The summed E-state index contributed by atoms with van der Waals surface area (Å²) in [7, 11) is 1.67. The zero-order valence-electron chi connectivity index (χ0n) is 19.4. The van der Waals surface area contributed by atoms with Crippen molar-refractivity contribution in [2.75, 3.05) is 7.11 Å². The minimum atomic E-state index is -0.188. The molecule has 6 rings (SSSR count). The van der Waals surface area contributed by atoms with Gasteiger partial charge in [-0.05, 0) is 41.0 Å². The minimum absolute atomic E-state index is 0.188. The number of rotatable bonds is 6. The van der Waals surface area contributed by atoms with Crippen LogP contribution in [-0.4, -0.2) is 26.2 Å². The molecule has 35 heavy (non-hydrogen) atoms. The molecule has 1 N–H and O–H groups in total. The summed E-state index contributed by atoms with van der Waals surface area (Å²) in [4.78, 5) is 8.77. The Morgan fingerprint density at radius 2 is 1.83 bits per heavy atom. The Kier molecular flexibility index (Phi) is 5.29. The van der Waals surface area contributed by atoms with Crippen LogP contribution in [0.1, 0.15) is 29.0 Å². The van der Waals surface area contributed by atoms with Crippen LogP contribution >= 0.6 is 0 Å². The van der Waals surface area contributed by atoms with Crippen LogP contribution in [0.15, 0.2) is 85.7 Å². The molecule has 1 unspecified atom stereocenters. The Morgan fingerprint density at radius 1 is 0.971 bits per heavy atom. The molecule has 0 saturated carbocycles. The van der Waals surface area contributed by atoms with Crippen LogP contribution in [-0.2, 0) is 13.1 Å². The molecular formula is C28H25N5O2. The topological polar surface area (TPSA) is 78.0 Å². The van der Waals surface area contributed by atoms with Gasteiger partial charge in [-0.15, -0.1) is 0 Å². The lowest BCUT2D eigenvalue weighted by molar-refractivity contribution is 0.413. The Hall–Kier alpha value is -4.39. The number of nitrogens with one attached hydrogen (secondary N) is 1. The summed E-state index contributed by atoms with van der Waals surface area (Å²) >= 11 is 0. The highest BCUT2D eigenvalue weighted by molar-refractivity contribution is 5.90. The third-order valence-electron chi connectivity index (χ3n) is 6.63. The molecule has 0 aliphatic carbocycles. The van der Waals surface area contributed by atoms with Crippen LogP contribution in [0, 0.1) is 5.41 Å². The molecule has 1 atom stereocenters. The van der Waals surface area contributed by atoms with Gasteiger partial charge in [0.1, 0.15) is 23.3 Å². The maximum atomic E-state index is 9.18. The molecule has 7 heteroatoms. The summed E-state index contributed by atoms with van der Waals surface area (Å²) in [6, 6.07) is 20.5. The second-order valence-corrected chi connectivity index (χ2v) is 8.67. The van der Waals surface area contributed by atoms with E-state index in [1.54, 1.807) is 19.6 Å². The van der Waals surface area contributed by atoms with Gasteiger partial charge in [0.15, 0.2) is 0 Å². The largest absolute Gasteiger partial charge is 0.497 e. The van der Waals surface area contributed by atoms with Crippen molar-refractivity contribution in [3.63, 3.8) is 0 Å². The number of hydrogen-bond acceptors (Lipinski definition) is 5. The van der Waals surface area contributed by atoms with E-state index in [1.807, 2.05) is 52.0 Å². The van der Waals surface area contributed by atoms with Crippen LogP contribution in [0.2, 0.25) is 0 Å². The molecule has 0 saturated heterocycles. The molecule has 0 fully saturated rings. The van der Waals surface area contributed by atoms with Crippen LogP contribution < -0.4 is 15.0 Å². The van der Waals surface area contributed by atoms with Crippen molar-refractivity contribution in [3.05, 3.63) is 108 Å². The number of benzene rings is 3. The number of hydrogen-bond donors (Lipinski definition) is 1. The quantitative estimate of drug-likeness (QED) is 0.373. The second-order valence-electron chi connectivity index (χ2n) is 8.67. The molecule has 1 aliphatic rings. The number of aromatic nitrogens is 4. The number of nitrogens with zero attached hydrogens (tertiary/aromatic N) is 4. The van der Waals surface area contributed by atoms with Crippen LogP contribution in [0.3, 0.4) is 0 Å². The maximum absolute atomic E-state index is 9.18. The van der Waals surface area contributed by atoms with Crippen molar-refractivity contribution in [1.82, 2.24) is 19.1 Å². The molecule has 174 valence electrons. The highest BCUT2D eigenvalue weighted by Crippen LogP contribution is 2.48. The molecule has 0 amide bonds. The monoisotopic (exact) mass is 463 g/mol.